The van der Waals surface area contributed by atoms with E-state index in [2.05, 4.69) is 15.0 Å². The SMILES string of the molecule is Fc1ccc(C(F)(F)F)c(Cl)n1.Fc1nc(Cl)c(C(F)(F)F)cc1Cl.Fc1nc(Cl)c(C(F)(F)F)cc1Cl. The lowest BCUT2D eigenvalue weighted by Gasteiger charge is -2.08. The first-order chi connectivity index (χ1) is 17.1. The van der Waals surface area contributed by atoms with Gasteiger partial charge >= 0.3 is 18.5 Å². The molecule has 0 bridgehead atoms. The Balaban J connectivity index is 0.000000285. The van der Waals surface area contributed by atoms with Gasteiger partial charge in [-0.05, 0) is 24.3 Å². The van der Waals surface area contributed by atoms with Gasteiger partial charge in [0.05, 0.1) is 26.7 Å². The molecule has 0 unspecified atom stereocenters. The van der Waals surface area contributed by atoms with Gasteiger partial charge in [0.25, 0.3) is 0 Å². The van der Waals surface area contributed by atoms with Crippen LogP contribution in [0.2, 0.25) is 25.5 Å². The van der Waals surface area contributed by atoms with Crippen molar-refractivity contribution in [3.63, 3.8) is 0 Å². The fraction of sp³-hybridized carbons (Fsp3) is 0.167. The smallest absolute Gasteiger partial charge is 0.207 e. The van der Waals surface area contributed by atoms with E-state index < -0.39 is 78.6 Å². The van der Waals surface area contributed by atoms with E-state index in [0.29, 0.717) is 24.3 Å². The molecule has 3 aromatic heterocycles. The molecule has 0 spiro atoms. The Bertz CT molecular complexity index is 1210. The average Bonchev–Trinajstić information content (AvgIpc) is 2.71. The summed E-state index contributed by atoms with van der Waals surface area (Å²) in [6.45, 7) is 0. The van der Waals surface area contributed by atoms with Gasteiger partial charge in [-0.15, -0.1) is 0 Å². The number of alkyl halides is 9. The van der Waals surface area contributed by atoms with Crippen LogP contribution in [0.3, 0.4) is 0 Å². The zero-order chi connectivity index (χ0) is 29.8. The number of pyridine rings is 3. The summed E-state index contributed by atoms with van der Waals surface area (Å²) < 4.78 is 145. The van der Waals surface area contributed by atoms with Crippen molar-refractivity contribution in [2.45, 2.75) is 18.5 Å². The minimum atomic E-state index is -4.68. The van der Waals surface area contributed by atoms with E-state index in [9.17, 15) is 52.7 Å². The second kappa shape index (κ2) is 12.9. The molecule has 0 radical (unpaired) electrons. The summed E-state index contributed by atoms with van der Waals surface area (Å²) in [6.07, 6.45) is -13.9. The van der Waals surface area contributed by atoms with Crippen molar-refractivity contribution in [2.24, 2.45) is 0 Å². The van der Waals surface area contributed by atoms with E-state index in [0.717, 1.165) is 0 Å². The van der Waals surface area contributed by atoms with Crippen molar-refractivity contribution in [3.05, 3.63) is 84.3 Å². The maximum atomic E-state index is 12.5. The molecule has 3 nitrogen and oxygen atoms in total. The van der Waals surface area contributed by atoms with Gasteiger partial charge in [0.1, 0.15) is 15.5 Å². The van der Waals surface area contributed by atoms with E-state index in [1.165, 1.54) is 0 Å². The topological polar surface area (TPSA) is 38.7 Å². The second-order valence-corrected chi connectivity index (χ2v) is 8.05. The number of rotatable bonds is 0. The van der Waals surface area contributed by atoms with E-state index >= 15 is 0 Å². The molecule has 3 rings (SSSR count). The lowest BCUT2D eigenvalue weighted by molar-refractivity contribution is -0.138. The number of hydrogen-bond donors (Lipinski definition) is 0. The van der Waals surface area contributed by atoms with Crippen molar-refractivity contribution in [2.75, 3.05) is 0 Å². The normalized spacial score (nSPS) is 11.8. The minimum absolute atomic E-state index is 0.395. The number of hydrogen-bond acceptors (Lipinski definition) is 3. The van der Waals surface area contributed by atoms with Crippen LogP contribution in [0.4, 0.5) is 52.7 Å². The van der Waals surface area contributed by atoms with Gasteiger partial charge in [-0.2, -0.15) is 52.7 Å². The zero-order valence-electron chi connectivity index (χ0n) is 17.1. The molecule has 20 heteroatoms. The zero-order valence-corrected chi connectivity index (χ0v) is 20.9. The Labute approximate surface area is 228 Å². The molecular formula is C18H4Cl5F12N3. The molecule has 0 aliphatic carbocycles. The van der Waals surface area contributed by atoms with Crippen molar-refractivity contribution < 1.29 is 52.7 Å². The standard InChI is InChI=1S/2C6HCl2F4N.C6H2ClF4N/c2*7-3-1-2(6(10,11)12)4(8)13-5(3)9;7-5-3(6(9,10)11)1-2-4(8)12-5/h2*1H;1-2H. The Morgan fingerprint density at radius 3 is 1.08 bits per heavy atom. The van der Waals surface area contributed by atoms with Crippen LogP contribution < -0.4 is 0 Å². The van der Waals surface area contributed by atoms with E-state index in [1.54, 1.807) is 0 Å². The molecular weight excluding hydrogens is 663 g/mol. The third kappa shape index (κ3) is 9.98. The summed E-state index contributed by atoms with van der Waals surface area (Å²) in [5.74, 6) is -3.48. The van der Waals surface area contributed by atoms with Crippen LogP contribution in [0, 0.1) is 17.8 Å². The molecule has 3 aromatic rings. The summed E-state index contributed by atoms with van der Waals surface area (Å²) in [5, 5.41) is -4.19. The monoisotopic (exact) mass is 665 g/mol. The first-order valence-corrected chi connectivity index (χ1v) is 10.5. The minimum Gasteiger partial charge on any atom is -0.207 e. The molecule has 3 heterocycles. The van der Waals surface area contributed by atoms with Gasteiger partial charge in [-0.3, -0.25) is 0 Å². The molecule has 0 saturated heterocycles. The van der Waals surface area contributed by atoms with E-state index in [-0.39, 0.29) is 0 Å². The lowest BCUT2D eigenvalue weighted by atomic mass is 10.3. The summed E-state index contributed by atoms with van der Waals surface area (Å²) >= 11 is 25.3. The van der Waals surface area contributed by atoms with Crippen LogP contribution in [0.1, 0.15) is 16.7 Å². The van der Waals surface area contributed by atoms with Gasteiger partial charge in [0, 0.05) is 0 Å². The summed E-state index contributed by atoms with van der Waals surface area (Å²) in [5.41, 5.74) is -3.63. The number of halogens is 17. The highest BCUT2D eigenvalue weighted by molar-refractivity contribution is 6.33. The second-order valence-electron chi connectivity index (χ2n) is 6.16. The van der Waals surface area contributed by atoms with E-state index in [4.69, 9.17) is 58.0 Å². The van der Waals surface area contributed by atoms with Gasteiger partial charge in [0.2, 0.25) is 17.8 Å². The Kier molecular flexibility index (Phi) is 11.6. The van der Waals surface area contributed by atoms with Crippen molar-refractivity contribution in [1.82, 2.24) is 15.0 Å². The molecule has 0 amide bonds. The van der Waals surface area contributed by atoms with Crippen molar-refractivity contribution >= 4 is 58.0 Å². The first kappa shape index (κ1) is 34.1. The molecule has 0 aliphatic heterocycles. The van der Waals surface area contributed by atoms with Crippen LogP contribution in [-0.4, -0.2) is 15.0 Å². The molecule has 0 aromatic carbocycles. The number of nitrogens with zero attached hydrogens (tertiary/aromatic N) is 3. The molecule has 0 aliphatic rings. The summed E-state index contributed by atoms with van der Waals surface area (Å²) in [7, 11) is 0. The van der Waals surface area contributed by atoms with Gasteiger partial charge in [0.15, 0.2) is 0 Å². The van der Waals surface area contributed by atoms with Crippen molar-refractivity contribution in [3.8, 4) is 0 Å². The largest absolute Gasteiger partial charge is 0.419 e. The highest BCUT2D eigenvalue weighted by Gasteiger charge is 2.36. The Hall–Kier alpha value is -1.94. The molecule has 0 atom stereocenters. The molecule has 0 fully saturated rings. The predicted octanol–water partition coefficient (Wildman–Crippen LogP) is 9.99. The average molecular weight is 667 g/mol. The first-order valence-electron chi connectivity index (χ1n) is 8.62. The fourth-order valence-corrected chi connectivity index (χ4v) is 2.94. The summed E-state index contributed by atoms with van der Waals surface area (Å²) in [6, 6.07) is 1.94. The van der Waals surface area contributed by atoms with E-state index in [1.807, 2.05) is 0 Å². The highest BCUT2D eigenvalue weighted by Crippen LogP contribution is 2.37. The van der Waals surface area contributed by atoms with Gasteiger partial charge < -0.3 is 0 Å². The maximum absolute atomic E-state index is 12.5. The van der Waals surface area contributed by atoms with Crippen LogP contribution in [0.15, 0.2) is 24.3 Å². The quantitative estimate of drug-likeness (QED) is 0.177. The Morgan fingerprint density at radius 2 is 0.789 bits per heavy atom. The highest BCUT2D eigenvalue weighted by atomic mass is 35.5. The van der Waals surface area contributed by atoms with Crippen LogP contribution in [0.5, 0.6) is 0 Å². The van der Waals surface area contributed by atoms with Gasteiger partial charge in [-0.1, -0.05) is 58.0 Å². The van der Waals surface area contributed by atoms with Crippen LogP contribution in [0.25, 0.3) is 0 Å². The summed E-state index contributed by atoms with van der Waals surface area (Å²) in [4.78, 5) is 8.39. The predicted molar refractivity (Wildman–Crippen MR) is 113 cm³/mol. The fourth-order valence-electron chi connectivity index (χ4n) is 1.91. The molecule has 0 N–H and O–H groups in total. The Morgan fingerprint density at radius 1 is 0.474 bits per heavy atom. The maximum Gasteiger partial charge on any atom is 0.419 e. The van der Waals surface area contributed by atoms with Crippen LogP contribution >= 0.6 is 58.0 Å². The van der Waals surface area contributed by atoms with Gasteiger partial charge in [-0.25, -0.2) is 15.0 Å². The lowest BCUT2D eigenvalue weighted by Crippen LogP contribution is -2.07. The third-order valence-corrected chi connectivity index (χ3v) is 4.90. The molecule has 38 heavy (non-hydrogen) atoms. The molecule has 210 valence electrons. The molecule has 0 saturated carbocycles. The van der Waals surface area contributed by atoms with Crippen LogP contribution in [-0.2, 0) is 18.5 Å². The third-order valence-electron chi connectivity index (χ3n) is 3.50. The van der Waals surface area contributed by atoms with Crippen molar-refractivity contribution in [1.29, 1.82) is 0 Å². The number of aromatic nitrogens is 3.